The number of hydrogen-bond acceptors (Lipinski definition) is 6. The Bertz CT molecular complexity index is 1510. The van der Waals surface area contributed by atoms with E-state index in [2.05, 4.69) is 41.9 Å². The predicted octanol–water partition coefficient (Wildman–Crippen LogP) is 5.20. The first-order chi connectivity index (χ1) is 15.5. The summed E-state index contributed by atoms with van der Waals surface area (Å²) in [6, 6.07) is 19.0. The van der Waals surface area contributed by atoms with Gasteiger partial charge in [-0.25, -0.2) is 0 Å². The van der Waals surface area contributed by atoms with Crippen molar-refractivity contribution in [1.29, 1.82) is 0 Å². The molecule has 3 aromatic carbocycles. The molecular formula is C22H15BrN6OS2. The standard InChI is InChI=1S/C22H15BrN6OS2/c1-12-26-27-22-29(12)28-20(32-22)16-6-2-3-11-18(16)24-21(31)25-19(30)15-9-4-8-14-13(15)7-5-10-17(14)23/h2-11H,1H3,(H2,24,25,30,31). The van der Waals surface area contributed by atoms with Gasteiger partial charge in [-0.3, -0.25) is 10.1 Å². The van der Waals surface area contributed by atoms with E-state index in [0.29, 0.717) is 10.5 Å². The van der Waals surface area contributed by atoms with Gasteiger partial charge in [-0.15, -0.1) is 10.2 Å². The van der Waals surface area contributed by atoms with E-state index in [0.717, 1.165) is 37.3 Å². The molecule has 0 saturated heterocycles. The number of hydrogen-bond donors (Lipinski definition) is 2. The minimum Gasteiger partial charge on any atom is -0.332 e. The molecule has 0 aliphatic rings. The summed E-state index contributed by atoms with van der Waals surface area (Å²) in [6.07, 6.45) is 0. The van der Waals surface area contributed by atoms with Crippen LogP contribution in [0.2, 0.25) is 0 Å². The van der Waals surface area contributed by atoms with Crippen molar-refractivity contribution in [3.05, 3.63) is 76.5 Å². The number of fused-ring (bicyclic) bond motifs is 2. The molecule has 0 fully saturated rings. The summed E-state index contributed by atoms with van der Waals surface area (Å²) < 4.78 is 2.63. The second-order valence-corrected chi connectivity index (χ2v) is 9.16. The van der Waals surface area contributed by atoms with Crippen LogP contribution in [0.3, 0.4) is 0 Å². The number of rotatable bonds is 3. The molecule has 2 heterocycles. The molecule has 2 N–H and O–H groups in total. The van der Waals surface area contributed by atoms with Gasteiger partial charge in [0.2, 0.25) is 4.96 Å². The zero-order valence-corrected chi connectivity index (χ0v) is 19.9. The lowest BCUT2D eigenvalue weighted by atomic mass is 10.0. The van der Waals surface area contributed by atoms with Crippen LogP contribution in [0.1, 0.15) is 16.2 Å². The average Bonchev–Trinajstić information content (AvgIpc) is 3.36. The van der Waals surface area contributed by atoms with E-state index in [1.165, 1.54) is 11.3 Å². The minimum absolute atomic E-state index is 0.202. The Hall–Kier alpha value is -3.21. The number of anilines is 1. The van der Waals surface area contributed by atoms with Crippen molar-refractivity contribution >= 4 is 71.9 Å². The summed E-state index contributed by atoms with van der Waals surface area (Å²) >= 11 is 10.4. The molecule has 0 saturated carbocycles. The van der Waals surface area contributed by atoms with Gasteiger partial charge in [-0.2, -0.15) is 9.61 Å². The van der Waals surface area contributed by atoms with Crippen LogP contribution in [0, 0.1) is 6.92 Å². The number of carbonyl (C=O) groups excluding carboxylic acids is 1. The topological polar surface area (TPSA) is 84.2 Å². The molecule has 1 amide bonds. The molecule has 0 aliphatic heterocycles. The quantitative estimate of drug-likeness (QED) is 0.316. The number of para-hydroxylation sites is 1. The van der Waals surface area contributed by atoms with Crippen molar-refractivity contribution in [1.82, 2.24) is 25.1 Å². The highest BCUT2D eigenvalue weighted by atomic mass is 79.9. The lowest BCUT2D eigenvalue weighted by Gasteiger charge is -2.13. The summed E-state index contributed by atoms with van der Waals surface area (Å²) in [5.74, 6) is 0.440. The number of amides is 1. The molecule has 2 aromatic heterocycles. The first kappa shape index (κ1) is 20.7. The van der Waals surface area contributed by atoms with Crippen LogP contribution in [0.5, 0.6) is 0 Å². The third-order valence-electron chi connectivity index (χ3n) is 4.89. The Balaban J connectivity index is 1.39. The maximum atomic E-state index is 13.0. The number of nitrogens with zero attached hydrogens (tertiary/aromatic N) is 4. The van der Waals surface area contributed by atoms with E-state index < -0.39 is 0 Å². The van der Waals surface area contributed by atoms with E-state index in [1.54, 1.807) is 10.6 Å². The van der Waals surface area contributed by atoms with Crippen LogP contribution < -0.4 is 10.6 Å². The van der Waals surface area contributed by atoms with Crippen LogP contribution in [0.4, 0.5) is 5.69 Å². The average molecular weight is 523 g/mol. The highest BCUT2D eigenvalue weighted by molar-refractivity contribution is 9.10. The third-order valence-corrected chi connectivity index (χ3v) is 6.72. The molecule has 158 valence electrons. The summed E-state index contributed by atoms with van der Waals surface area (Å²) in [4.78, 5) is 13.7. The van der Waals surface area contributed by atoms with Crippen LogP contribution in [0.15, 0.2) is 65.1 Å². The molecule has 0 unspecified atom stereocenters. The molecule has 0 bridgehead atoms. The van der Waals surface area contributed by atoms with Gasteiger partial charge in [-0.05, 0) is 54.2 Å². The molecule has 5 aromatic rings. The van der Waals surface area contributed by atoms with E-state index in [4.69, 9.17) is 12.2 Å². The Morgan fingerprint density at radius 3 is 2.66 bits per heavy atom. The molecular weight excluding hydrogens is 508 g/mol. The monoisotopic (exact) mass is 522 g/mol. The Morgan fingerprint density at radius 2 is 1.81 bits per heavy atom. The highest BCUT2D eigenvalue weighted by Crippen LogP contribution is 2.31. The number of aromatic nitrogens is 4. The number of carbonyl (C=O) groups is 1. The number of thiocarbonyl (C=S) groups is 1. The number of benzene rings is 3. The fourth-order valence-electron chi connectivity index (χ4n) is 3.40. The van der Waals surface area contributed by atoms with E-state index >= 15 is 0 Å². The first-order valence-electron chi connectivity index (χ1n) is 9.59. The van der Waals surface area contributed by atoms with Crippen molar-refractivity contribution in [3.8, 4) is 10.6 Å². The van der Waals surface area contributed by atoms with Gasteiger partial charge in [-0.1, -0.05) is 63.7 Å². The predicted molar refractivity (Wildman–Crippen MR) is 134 cm³/mol. The first-order valence-corrected chi connectivity index (χ1v) is 11.6. The maximum absolute atomic E-state index is 13.0. The van der Waals surface area contributed by atoms with Crippen molar-refractivity contribution in [2.75, 3.05) is 5.32 Å². The second-order valence-electron chi connectivity index (χ2n) is 6.94. The van der Waals surface area contributed by atoms with Gasteiger partial charge < -0.3 is 5.32 Å². The van der Waals surface area contributed by atoms with Crippen LogP contribution in [-0.2, 0) is 0 Å². The maximum Gasteiger partial charge on any atom is 0.258 e. The van der Waals surface area contributed by atoms with Crippen LogP contribution in [-0.4, -0.2) is 30.8 Å². The van der Waals surface area contributed by atoms with E-state index in [1.807, 2.05) is 61.5 Å². The Morgan fingerprint density at radius 1 is 1.03 bits per heavy atom. The number of halogens is 1. The number of nitrogens with one attached hydrogen (secondary N) is 2. The van der Waals surface area contributed by atoms with Gasteiger partial charge in [0, 0.05) is 15.6 Å². The van der Waals surface area contributed by atoms with Crippen molar-refractivity contribution in [3.63, 3.8) is 0 Å². The fourth-order valence-corrected chi connectivity index (χ4v) is 5.02. The lowest BCUT2D eigenvalue weighted by molar-refractivity contribution is 0.0979. The second kappa shape index (κ2) is 8.38. The van der Waals surface area contributed by atoms with Crippen molar-refractivity contribution in [2.24, 2.45) is 0 Å². The zero-order chi connectivity index (χ0) is 22.2. The third kappa shape index (κ3) is 3.77. The molecule has 7 nitrogen and oxygen atoms in total. The van der Waals surface area contributed by atoms with Crippen LogP contribution >= 0.6 is 39.5 Å². The van der Waals surface area contributed by atoms with Crippen molar-refractivity contribution in [2.45, 2.75) is 6.92 Å². The van der Waals surface area contributed by atoms with Crippen LogP contribution in [0.25, 0.3) is 26.3 Å². The normalized spacial score (nSPS) is 11.1. The lowest BCUT2D eigenvalue weighted by Crippen LogP contribution is -2.34. The summed E-state index contributed by atoms with van der Waals surface area (Å²) in [5, 5.41) is 21.4. The SMILES string of the molecule is Cc1nnc2sc(-c3ccccc3NC(=S)NC(=O)c3cccc4c(Br)cccc34)nn12. The van der Waals surface area contributed by atoms with Gasteiger partial charge in [0.25, 0.3) is 5.91 Å². The van der Waals surface area contributed by atoms with Gasteiger partial charge in [0.1, 0.15) is 5.01 Å². The Kier molecular flexibility index (Phi) is 5.41. The molecule has 32 heavy (non-hydrogen) atoms. The molecule has 0 spiro atoms. The molecule has 10 heteroatoms. The van der Waals surface area contributed by atoms with E-state index in [-0.39, 0.29) is 11.0 Å². The molecule has 0 aliphatic carbocycles. The summed E-state index contributed by atoms with van der Waals surface area (Å²) in [6.45, 7) is 1.85. The fraction of sp³-hybridized carbons (Fsp3) is 0.0455. The molecule has 0 atom stereocenters. The largest absolute Gasteiger partial charge is 0.332 e. The van der Waals surface area contributed by atoms with Gasteiger partial charge >= 0.3 is 0 Å². The Labute approximate surface area is 200 Å². The zero-order valence-electron chi connectivity index (χ0n) is 16.7. The summed E-state index contributed by atoms with van der Waals surface area (Å²) in [5.41, 5.74) is 2.14. The van der Waals surface area contributed by atoms with Gasteiger partial charge in [0.15, 0.2) is 10.9 Å². The minimum atomic E-state index is -0.280. The van der Waals surface area contributed by atoms with Gasteiger partial charge in [0.05, 0.1) is 5.69 Å². The number of aryl methyl sites for hydroxylation is 1. The molecule has 0 radical (unpaired) electrons. The smallest absolute Gasteiger partial charge is 0.258 e. The summed E-state index contributed by atoms with van der Waals surface area (Å²) in [7, 11) is 0. The van der Waals surface area contributed by atoms with Crippen molar-refractivity contribution < 1.29 is 4.79 Å². The highest BCUT2D eigenvalue weighted by Gasteiger charge is 2.16. The van der Waals surface area contributed by atoms with E-state index in [9.17, 15) is 4.79 Å². The molecule has 5 rings (SSSR count).